The lowest BCUT2D eigenvalue weighted by atomic mass is 9.94. The molecule has 29 heavy (non-hydrogen) atoms. The summed E-state index contributed by atoms with van der Waals surface area (Å²) < 4.78 is 5.30. The Hall–Kier alpha value is -3.52. The Bertz CT molecular complexity index is 987. The molecule has 1 heterocycles. The number of rotatable bonds is 6. The molecule has 3 rings (SSSR count). The predicted molar refractivity (Wildman–Crippen MR) is 114 cm³/mol. The Morgan fingerprint density at radius 2 is 1.93 bits per heavy atom. The normalized spacial score (nSPS) is 16.2. The second-order valence-corrected chi connectivity index (χ2v) is 6.68. The molecule has 0 radical (unpaired) electrons. The van der Waals surface area contributed by atoms with Crippen molar-refractivity contribution in [1.29, 1.82) is 0 Å². The van der Waals surface area contributed by atoms with Crippen LogP contribution in [0.5, 0.6) is 0 Å². The van der Waals surface area contributed by atoms with Crippen molar-refractivity contribution in [2.24, 2.45) is 0 Å². The number of benzene rings is 2. The lowest BCUT2D eigenvalue weighted by Crippen LogP contribution is -2.48. The van der Waals surface area contributed by atoms with Crippen molar-refractivity contribution in [3.63, 3.8) is 0 Å². The fourth-order valence-electron chi connectivity index (χ4n) is 3.15. The first kappa shape index (κ1) is 20.2. The number of ether oxygens (including phenoxy) is 1. The summed E-state index contributed by atoms with van der Waals surface area (Å²) in [5.41, 5.74) is 2.43. The van der Waals surface area contributed by atoms with Gasteiger partial charge in [-0.2, -0.15) is 0 Å². The molecule has 148 valence electrons. The number of thiocarbonyl (C=S) groups is 1. The number of carbonyl (C=O) groups is 1. The molecular formula is C21H19N3O4S. The van der Waals surface area contributed by atoms with E-state index in [-0.39, 0.29) is 12.3 Å². The number of esters is 1. The van der Waals surface area contributed by atoms with E-state index in [1.807, 2.05) is 30.3 Å². The third-order valence-corrected chi connectivity index (χ3v) is 4.79. The minimum absolute atomic E-state index is 0.0328. The van der Waals surface area contributed by atoms with Gasteiger partial charge in [-0.05, 0) is 49.0 Å². The maximum Gasteiger partial charge on any atom is 0.338 e. The zero-order chi connectivity index (χ0) is 21.0. The maximum atomic E-state index is 12.9. The standard InChI is InChI=1S/C21H19N3O4S/c1-3-13-28-20(25)18-14(2)23(16-7-5-4-6-8-16)21(29)22-19(18)15-9-11-17(12-10-15)24(26)27/h3-12,19H,1,13H2,2H3,(H,22,29)/t19-/m0/s1. The van der Waals surface area contributed by atoms with Crippen molar-refractivity contribution in [3.05, 3.63) is 94.2 Å². The highest BCUT2D eigenvalue weighted by Crippen LogP contribution is 2.34. The van der Waals surface area contributed by atoms with Gasteiger partial charge >= 0.3 is 5.97 Å². The van der Waals surface area contributed by atoms with Crippen LogP contribution in [0.15, 0.2) is 78.5 Å². The summed E-state index contributed by atoms with van der Waals surface area (Å²) in [6.45, 7) is 5.43. The van der Waals surface area contributed by atoms with Crippen molar-refractivity contribution in [2.45, 2.75) is 13.0 Å². The second kappa shape index (κ2) is 8.66. The molecule has 0 saturated heterocycles. The highest BCUT2D eigenvalue weighted by molar-refractivity contribution is 7.80. The van der Waals surface area contributed by atoms with E-state index < -0.39 is 16.9 Å². The Kier molecular flexibility index (Phi) is 6.04. The van der Waals surface area contributed by atoms with Crippen molar-refractivity contribution < 1.29 is 14.5 Å². The lowest BCUT2D eigenvalue weighted by Gasteiger charge is -2.37. The molecule has 2 aromatic rings. The van der Waals surface area contributed by atoms with Gasteiger partial charge < -0.3 is 10.1 Å². The number of nitro benzene ring substituents is 1. The van der Waals surface area contributed by atoms with Crippen LogP contribution in [0, 0.1) is 10.1 Å². The van der Waals surface area contributed by atoms with E-state index in [0.29, 0.717) is 21.9 Å². The zero-order valence-corrected chi connectivity index (χ0v) is 16.5. The number of carbonyl (C=O) groups excluding carboxylic acids is 1. The van der Waals surface area contributed by atoms with Gasteiger partial charge in [0.05, 0.1) is 16.5 Å². The van der Waals surface area contributed by atoms with E-state index in [1.54, 1.807) is 24.0 Å². The summed E-state index contributed by atoms with van der Waals surface area (Å²) >= 11 is 5.56. The number of non-ortho nitro benzene ring substituents is 1. The molecule has 2 aromatic carbocycles. The predicted octanol–water partition coefficient (Wildman–Crippen LogP) is 4.03. The molecule has 0 aliphatic carbocycles. The monoisotopic (exact) mass is 409 g/mol. The molecule has 7 nitrogen and oxygen atoms in total. The molecule has 8 heteroatoms. The van der Waals surface area contributed by atoms with Crippen LogP contribution in [-0.4, -0.2) is 22.6 Å². The highest BCUT2D eigenvalue weighted by Gasteiger charge is 2.35. The fourth-order valence-corrected chi connectivity index (χ4v) is 3.51. The van der Waals surface area contributed by atoms with Crippen molar-refractivity contribution in [3.8, 4) is 0 Å². The van der Waals surface area contributed by atoms with Gasteiger partial charge in [-0.1, -0.05) is 30.9 Å². The third kappa shape index (κ3) is 4.17. The van der Waals surface area contributed by atoms with Crippen molar-refractivity contribution in [1.82, 2.24) is 5.32 Å². The minimum Gasteiger partial charge on any atom is -0.458 e. The molecule has 1 aliphatic rings. The average molecular weight is 409 g/mol. The summed E-state index contributed by atoms with van der Waals surface area (Å²) in [6, 6.07) is 14.8. The van der Waals surface area contributed by atoms with E-state index >= 15 is 0 Å². The van der Waals surface area contributed by atoms with E-state index in [1.165, 1.54) is 18.2 Å². The number of hydrogen-bond donors (Lipinski definition) is 1. The van der Waals surface area contributed by atoms with Crippen LogP contribution in [0.1, 0.15) is 18.5 Å². The Morgan fingerprint density at radius 1 is 1.28 bits per heavy atom. The first-order valence-corrected chi connectivity index (χ1v) is 9.23. The molecule has 0 saturated carbocycles. The topological polar surface area (TPSA) is 84.7 Å². The van der Waals surface area contributed by atoms with E-state index in [4.69, 9.17) is 17.0 Å². The fraction of sp³-hybridized carbons (Fsp3) is 0.143. The summed E-state index contributed by atoms with van der Waals surface area (Å²) in [5.74, 6) is -0.512. The SMILES string of the molecule is C=CCOC(=O)C1=C(C)N(c2ccccc2)C(=S)N[C@H]1c1ccc([N+](=O)[O-])cc1. The van der Waals surface area contributed by atoms with Gasteiger partial charge in [0.15, 0.2) is 5.11 Å². The van der Waals surface area contributed by atoms with Gasteiger partial charge in [-0.3, -0.25) is 15.0 Å². The lowest BCUT2D eigenvalue weighted by molar-refractivity contribution is -0.384. The Balaban J connectivity index is 2.08. The van der Waals surface area contributed by atoms with Crippen LogP contribution in [0.25, 0.3) is 0 Å². The van der Waals surface area contributed by atoms with Crippen molar-refractivity contribution in [2.75, 3.05) is 11.5 Å². The molecule has 1 atom stereocenters. The summed E-state index contributed by atoms with van der Waals surface area (Å²) in [4.78, 5) is 25.1. The maximum absolute atomic E-state index is 12.9. The van der Waals surface area contributed by atoms with E-state index in [2.05, 4.69) is 11.9 Å². The van der Waals surface area contributed by atoms with Crippen LogP contribution in [-0.2, 0) is 9.53 Å². The first-order valence-electron chi connectivity index (χ1n) is 8.83. The van der Waals surface area contributed by atoms with Gasteiger partial charge in [-0.15, -0.1) is 0 Å². The molecule has 0 fully saturated rings. The Morgan fingerprint density at radius 3 is 2.52 bits per heavy atom. The number of para-hydroxylation sites is 1. The largest absolute Gasteiger partial charge is 0.458 e. The first-order chi connectivity index (χ1) is 13.9. The molecule has 0 amide bonds. The van der Waals surface area contributed by atoms with Gasteiger partial charge in [0.25, 0.3) is 5.69 Å². The smallest absolute Gasteiger partial charge is 0.338 e. The summed E-state index contributed by atoms with van der Waals surface area (Å²) in [7, 11) is 0. The number of nitrogens with zero attached hydrogens (tertiary/aromatic N) is 2. The van der Waals surface area contributed by atoms with Crippen LogP contribution < -0.4 is 10.2 Å². The minimum atomic E-state index is -0.597. The van der Waals surface area contributed by atoms with E-state index in [9.17, 15) is 14.9 Å². The van der Waals surface area contributed by atoms with Gasteiger partial charge in [0, 0.05) is 23.5 Å². The van der Waals surface area contributed by atoms with Gasteiger partial charge in [-0.25, -0.2) is 4.79 Å². The number of anilines is 1. The van der Waals surface area contributed by atoms with Gasteiger partial charge in [0.2, 0.25) is 0 Å². The summed E-state index contributed by atoms with van der Waals surface area (Å²) in [5, 5.41) is 14.5. The molecular weight excluding hydrogens is 390 g/mol. The molecule has 1 aliphatic heterocycles. The van der Waals surface area contributed by atoms with Crippen LogP contribution in [0.3, 0.4) is 0 Å². The molecule has 0 unspecified atom stereocenters. The highest BCUT2D eigenvalue weighted by atomic mass is 32.1. The van der Waals surface area contributed by atoms with Crippen LogP contribution in [0.2, 0.25) is 0 Å². The second-order valence-electron chi connectivity index (χ2n) is 6.29. The number of nitrogens with one attached hydrogen (secondary N) is 1. The number of nitro groups is 1. The number of allylic oxidation sites excluding steroid dienone is 1. The molecule has 0 aromatic heterocycles. The third-order valence-electron chi connectivity index (χ3n) is 4.49. The number of hydrogen-bond acceptors (Lipinski definition) is 5. The van der Waals surface area contributed by atoms with E-state index in [0.717, 1.165) is 5.69 Å². The molecule has 0 spiro atoms. The van der Waals surface area contributed by atoms with Crippen LogP contribution >= 0.6 is 12.2 Å². The zero-order valence-electron chi connectivity index (χ0n) is 15.7. The Labute approximate surface area is 173 Å². The molecule has 0 bridgehead atoms. The van der Waals surface area contributed by atoms with Gasteiger partial charge in [0.1, 0.15) is 6.61 Å². The molecule has 1 N–H and O–H groups in total. The van der Waals surface area contributed by atoms with Crippen LogP contribution in [0.4, 0.5) is 11.4 Å². The summed E-state index contributed by atoms with van der Waals surface area (Å²) in [6.07, 6.45) is 1.49. The quantitative estimate of drug-likeness (QED) is 0.253. The van der Waals surface area contributed by atoms with Crippen molar-refractivity contribution >= 4 is 34.7 Å². The average Bonchev–Trinajstić information content (AvgIpc) is 2.72.